The minimum absolute atomic E-state index is 0.00753. The highest BCUT2D eigenvalue weighted by Crippen LogP contribution is 2.43. The Kier molecular flexibility index (Phi) is 39.5. The number of carboxylic acids is 1. The molecule has 20 nitrogen and oxygen atoms in total. The first-order valence-electron chi connectivity index (χ1n) is 36.1. The Morgan fingerprint density at radius 3 is 1.62 bits per heavy atom. The van der Waals surface area contributed by atoms with E-state index in [0.29, 0.717) is 74.4 Å². The first kappa shape index (κ1) is 90.1. The Morgan fingerprint density at radius 2 is 1.15 bits per heavy atom. The number of aliphatic hydroxyl groups excluding tert-OH is 1. The van der Waals surface area contributed by atoms with Crippen LogP contribution in [0.5, 0.6) is 0 Å². The first-order valence-corrected chi connectivity index (χ1v) is 39.4. The Hall–Kier alpha value is -6.07. The molecule has 2 saturated heterocycles. The topological polar surface area (TPSA) is 277 Å². The van der Waals surface area contributed by atoms with Crippen LogP contribution in [0.1, 0.15) is 191 Å². The van der Waals surface area contributed by atoms with Crippen molar-refractivity contribution in [2.75, 3.05) is 58.8 Å². The van der Waals surface area contributed by atoms with E-state index in [-0.39, 0.29) is 121 Å². The highest BCUT2D eigenvalue weighted by atomic mass is 32.2. The van der Waals surface area contributed by atoms with E-state index in [0.717, 1.165) is 36.0 Å². The fourth-order valence-corrected chi connectivity index (χ4v) is 15.6. The molecule has 3 aromatic rings. The van der Waals surface area contributed by atoms with Crippen molar-refractivity contribution in [1.29, 1.82) is 0 Å². The lowest BCUT2D eigenvalue weighted by Crippen LogP contribution is -2.38. The number of ether oxygens (including phenoxy) is 9. The number of aliphatic hydroxyl groups is 1. The molecule has 3 heterocycles. The van der Waals surface area contributed by atoms with Gasteiger partial charge in [0.2, 0.25) is 0 Å². The van der Waals surface area contributed by atoms with Crippen molar-refractivity contribution in [1.82, 2.24) is 0 Å². The van der Waals surface area contributed by atoms with Gasteiger partial charge in [-0.05, 0) is 185 Å². The van der Waals surface area contributed by atoms with Crippen molar-refractivity contribution in [3.63, 3.8) is 0 Å². The standard InChI is InChI=1S/C42H58O11S.C21H34O4S.C14H24O3.C3H6O2/c1-28(24-51-40(44)31-15-10-8-11-16-31)21-36-30(3)35(27-54(46,47)33-18-12-9-13-19-33)38(53-36)23-37-34(25-50-39(43)26-48-7)29(2)22-32(52-37)17-14-20-49-41(45)42(4,5)6;1-6-15(2)12-20-17(4)19(21(25-20)13-16(3)24-5)14-26(22,23)18-10-8-7-9-11-18;1-6-11(2)10-12(15)8-7-9-17-13(16)14(3,4)5;1-2-3(4)5/h8-13,15-16,18-19,28,30,32,35-38H,14,17,20-27H2,1-7H3;7-11,15-17,19-21H,6,12-14H2,1-5H3;12,15H,1,7-10H2,2-5H3;2H2,1H3,(H,4,5)/t28-,30+,32-,35+,36+,37?,38-;15-,16?,17-,19-,20-,21+;12-;/m010./s1. The summed E-state index contributed by atoms with van der Waals surface area (Å²) in [4.78, 5) is 58.7. The second kappa shape index (κ2) is 44.7. The maximum atomic E-state index is 13.8. The number of sulfone groups is 2. The fourth-order valence-electron chi connectivity index (χ4n) is 12.1. The average Bonchev–Trinajstić information content (AvgIpc) is 1.62. The van der Waals surface area contributed by atoms with E-state index in [1.54, 1.807) is 92.9 Å². The van der Waals surface area contributed by atoms with Crippen LogP contribution in [0.3, 0.4) is 0 Å². The third-order valence-corrected chi connectivity index (χ3v) is 22.4. The first-order chi connectivity index (χ1) is 47.9. The van der Waals surface area contributed by atoms with Gasteiger partial charge in [0, 0.05) is 45.3 Å². The largest absolute Gasteiger partial charge is 0.481 e. The predicted molar refractivity (Wildman–Crippen MR) is 395 cm³/mol. The van der Waals surface area contributed by atoms with E-state index < -0.39 is 66.7 Å². The third kappa shape index (κ3) is 32.1. The molecular weight excluding hydrogens is 1340 g/mol. The van der Waals surface area contributed by atoms with Crippen LogP contribution in [0.15, 0.2) is 130 Å². The van der Waals surface area contributed by atoms with Crippen molar-refractivity contribution in [2.45, 2.75) is 240 Å². The number of benzene rings is 3. The number of carbonyl (C=O) groups is 5. The minimum Gasteiger partial charge on any atom is -0.481 e. The number of aliphatic carboxylic acids is 1. The van der Waals surface area contributed by atoms with Gasteiger partial charge in [0.05, 0.1) is 106 Å². The van der Waals surface area contributed by atoms with Gasteiger partial charge in [-0.25, -0.2) is 26.4 Å². The molecule has 2 unspecified atom stereocenters. The van der Waals surface area contributed by atoms with Gasteiger partial charge < -0.3 is 52.8 Å². The molecule has 0 amide bonds. The van der Waals surface area contributed by atoms with Gasteiger partial charge in [-0.15, -0.1) is 5.73 Å². The zero-order valence-electron chi connectivity index (χ0n) is 63.9. The van der Waals surface area contributed by atoms with Crippen LogP contribution in [-0.4, -0.2) is 164 Å². The van der Waals surface area contributed by atoms with Gasteiger partial charge in [0.1, 0.15) is 13.2 Å². The minimum atomic E-state index is -3.68. The Balaban J connectivity index is 0.000000461. The maximum Gasteiger partial charge on any atom is 0.338 e. The van der Waals surface area contributed by atoms with Crippen molar-refractivity contribution < 1.29 is 93.7 Å². The van der Waals surface area contributed by atoms with Crippen LogP contribution < -0.4 is 0 Å². The van der Waals surface area contributed by atoms with Crippen molar-refractivity contribution in [2.24, 2.45) is 46.3 Å². The summed E-state index contributed by atoms with van der Waals surface area (Å²) < 4.78 is 106. The Bertz CT molecular complexity index is 3320. The van der Waals surface area contributed by atoms with Crippen LogP contribution in [0.4, 0.5) is 0 Å². The summed E-state index contributed by atoms with van der Waals surface area (Å²) in [6.07, 6.45) is 5.85. The smallest absolute Gasteiger partial charge is 0.338 e. The van der Waals surface area contributed by atoms with E-state index in [9.17, 15) is 45.9 Å². The molecule has 0 radical (unpaired) electrons. The second-order valence-corrected chi connectivity index (χ2v) is 33.8. The molecule has 0 saturated carbocycles. The number of esters is 4. The zero-order chi connectivity index (χ0) is 76.5. The lowest BCUT2D eigenvalue weighted by atomic mass is 9.83. The van der Waals surface area contributed by atoms with Crippen LogP contribution in [0, 0.1) is 46.3 Å². The summed E-state index contributed by atoms with van der Waals surface area (Å²) in [7, 11) is -3.89. The molecule has 22 heteroatoms. The Morgan fingerprint density at radius 1 is 0.667 bits per heavy atom. The van der Waals surface area contributed by atoms with E-state index in [4.69, 9.17) is 47.7 Å². The van der Waals surface area contributed by atoms with E-state index in [1.165, 1.54) is 7.11 Å². The molecule has 3 aliphatic heterocycles. The number of rotatable bonds is 34. The summed E-state index contributed by atoms with van der Waals surface area (Å²) in [5.41, 5.74) is 4.97. The maximum absolute atomic E-state index is 13.8. The van der Waals surface area contributed by atoms with Gasteiger partial charge in [-0.3, -0.25) is 14.4 Å². The molecule has 3 aliphatic rings. The summed E-state index contributed by atoms with van der Waals surface area (Å²) in [6.45, 7) is 33.2. The summed E-state index contributed by atoms with van der Waals surface area (Å²) in [6, 6.07) is 26.0. The molecule has 3 aromatic carbocycles. The molecule has 2 N–H and O–H groups in total. The molecule has 0 aromatic heterocycles. The van der Waals surface area contributed by atoms with E-state index in [2.05, 4.69) is 33.1 Å². The quantitative estimate of drug-likeness (QED) is 0.0185. The number of methoxy groups -OCH3 is 2. The molecular formula is C80H122O20S2. The predicted octanol–water partition coefficient (Wildman–Crippen LogP) is 14.4. The molecule has 0 aliphatic carbocycles. The lowest BCUT2D eigenvalue weighted by molar-refractivity contribution is -0.154. The van der Waals surface area contributed by atoms with Gasteiger partial charge in [0.25, 0.3) is 0 Å². The molecule has 2 fully saturated rings. The molecule has 0 spiro atoms. The summed E-state index contributed by atoms with van der Waals surface area (Å²) in [5.74, 6) is -1.88. The van der Waals surface area contributed by atoms with Crippen LogP contribution in [-0.2, 0) is 81.5 Å². The SMILES string of the molecule is C=C=C(C)C[C@@H](O)CCCOC(=O)C(C)(C)C.CCC(=O)O.CC[C@@H](C)C[C@H]1O[C@@H](CC(C)OC)[C@H](CS(=O)(=O)c2ccccc2)[C@H]1C.COCC(=O)OCC1=C(C)C[C@H](CCCOC(=O)C(C)(C)C)OC1C[C@@H]1O[C@H](C[C@H](C)COC(=O)c2ccccc2)[C@H](C)[C@H]1CS(=O)(=O)c1ccccc1. The number of hydrogen-bond donors (Lipinski definition) is 2. The van der Waals surface area contributed by atoms with Crippen molar-refractivity contribution in [3.05, 3.63) is 126 Å². The molecule has 14 atom stereocenters. The summed E-state index contributed by atoms with van der Waals surface area (Å²) in [5, 5.41) is 17.4. The van der Waals surface area contributed by atoms with Gasteiger partial charge in [0.15, 0.2) is 19.7 Å². The van der Waals surface area contributed by atoms with Crippen LogP contribution >= 0.6 is 0 Å². The number of hydrogen-bond acceptors (Lipinski definition) is 19. The monoisotopic (exact) mass is 1470 g/mol. The van der Waals surface area contributed by atoms with Crippen LogP contribution in [0.2, 0.25) is 0 Å². The van der Waals surface area contributed by atoms with Crippen molar-refractivity contribution >= 4 is 49.5 Å². The normalized spacial score (nSPS) is 22.5. The highest BCUT2D eigenvalue weighted by Gasteiger charge is 2.47. The fraction of sp³-hybridized carbons (Fsp3) is 0.650. The van der Waals surface area contributed by atoms with Gasteiger partial charge in [-0.1, -0.05) is 115 Å². The lowest BCUT2D eigenvalue weighted by Gasteiger charge is -2.36. The van der Waals surface area contributed by atoms with Crippen LogP contribution in [0.25, 0.3) is 0 Å². The van der Waals surface area contributed by atoms with E-state index in [1.807, 2.05) is 88.3 Å². The Labute approximate surface area is 610 Å². The summed E-state index contributed by atoms with van der Waals surface area (Å²) >= 11 is 0. The molecule has 0 bridgehead atoms. The zero-order valence-corrected chi connectivity index (χ0v) is 65.6. The van der Waals surface area contributed by atoms with Gasteiger partial charge >= 0.3 is 29.8 Å². The number of carbonyl (C=O) groups excluding carboxylic acids is 4. The van der Waals surface area contributed by atoms with Crippen molar-refractivity contribution in [3.8, 4) is 0 Å². The molecule has 102 heavy (non-hydrogen) atoms. The second-order valence-electron chi connectivity index (χ2n) is 29.7. The molecule has 6 rings (SSSR count). The number of carboxylic acid groups (broad SMARTS) is 1. The average molecular weight is 1470 g/mol. The van der Waals surface area contributed by atoms with Gasteiger partial charge in [-0.2, -0.15) is 0 Å². The molecule has 574 valence electrons. The van der Waals surface area contributed by atoms with E-state index >= 15 is 0 Å². The highest BCUT2D eigenvalue weighted by molar-refractivity contribution is 7.91. The third-order valence-electron chi connectivity index (χ3n) is 18.8.